The van der Waals surface area contributed by atoms with E-state index in [4.69, 9.17) is 4.74 Å². The molecule has 0 bridgehead atoms. The van der Waals surface area contributed by atoms with Gasteiger partial charge in [0.2, 0.25) is 0 Å². The van der Waals surface area contributed by atoms with E-state index in [9.17, 15) is 0 Å². The standard InChI is InChI=1S/C19H31NO/c1-5-7-8-9-10-14-21-19-12-11-16(3)15-18(19)17(4)20-13-6-2/h5,11-12,15,17,20H,1,6-10,13-14H2,2-4H3. The van der Waals surface area contributed by atoms with E-state index in [0.29, 0.717) is 6.04 Å². The van der Waals surface area contributed by atoms with Crippen molar-refractivity contribution in [3.8, 4) is 5.75 Å². The predicted molar refractivity (Wildman–Crippen MR) is 92.0 cm³/mol. The maximum absolute atomic E-state index is 6.01. The highest BCUT2D eigenvalue weighted by molar-refractivity contribution is 5.39. The molecule has 2 heteroatoms. The number of ether oxygens (including phenoxy) is 1. The molecular formula is C19H31NO. The van der Waals surface area contributed by atoms with E-state index < -0.39 is 0 Å². The average Bonchev–Trinajstić information content (AvgIpc) is 2.49. The van der Waals surface area contributed by atoms with E-state index in [-0.39, 0.29) is 0 Å². The van der Waals surface area contributed by atoms with Crippen LogP contribution in [0.5, 0.6) is 5.75 Å². The molecule has 0 aliphatic heterocycles. The van der Waals surface area contributed by atoms with Crippen molar-refractivity contribution in [3.05, 3.63) is 42.0 Å². The van der Waals surface area contributed by atoms with Crippen LogP contribution in [0.1, 0.15) is 63.1 Å². The Bertz CT molecular complexity index is 414. The molecule has 1 rings (SSSR count). The Labute approximate surface area is 130 Å². The number of unbranched alkanes of at least 4 members (excludes halogenated alkanes) is 3. The molecule has 0 radical (unpaired) electrons. The van der Waals surface area contributed by atoms with Gasteiger partial charge >= 0.3 is 0 Å². The van der Waals surface area contributed by atoms with Gasteiger partial charge in [-0.1, -0.05) is 30.7 Å². The second kappa shape index (κ2) is 10.4. The zero-order valence-electron chi connectivity index (χ0n) is 14.0. The summed E-state index contributed by atoms with van der Waals surface area (Å²) >= 11 is 0. The van der Waals surface area contributed by atoms with Gasteiger partial charge in [0.1, 0.15) is 5.75 Å². The SMILES string of the molecule is C=CCCCCCOc1ccc(C)cc1C(C)NCCC. The molecule has 0 amide bonds. The molecule has 0 fully saturated rings. The molecule has 0 aromatic heterocycles. The van der Waals surface area contributed by atoms with Crippen LogP contribution in [0.2, 0.25) is 0 Å². The van der Waals surface area contributed by atoms with Gasteiger partial charge in [0.05, 0.1) is 6.61 Å². The van der Waals surface area contributed by atoms with Gasteiger partial charge in [0, 0.05) is 11.6 Å². The van der Waals surface area contributed by atoms with E-state index in [1.807, 2.05) is 6.08 Å². The van der Waals surface area contributed by atoms with E-state index in [2.05, 4.69) is 50.9 Å². The first-order chi connectivity index (χ1) is 10.2. The van der Waals surface area contributed by atoms with Gasteiger partial charge in [-0.15, -0.1) is 6.58 Å². The molecule has 2 nitrogen and oxygen atoms in total. The van der Waals surface area contributed by atoms with Crippen LogP contribution >= 0.6 is 0 Å². The zero-order valence-corrected chi connectivity index (χ0v) is 14.0. The number of nitrogens with one attached hydrogen (secondary N) is 1. The van der Waals surface area contributed by atoms with Crippen LogP contribution in [-0.4, -0.2) is 13.2 Å². The molecule has 0 aliphatic rings. The molecule has 0 heterocycles. The van der Waals surface area contributed by atoms with Crippen LogP contribution < -0.4 is 10.1 Å². The first-order valence-electron chi connectivity index (χ1n) is 8.26. The fourth-order valence-corrected chi connectivity index (χ4v) is 2.36. The zero-order chi connectivity index (χ0) is 15.5. The number of hydrogen-bond donors (Lipinski definition) is 1. The molecule has 0 saturated carbocycles. The number of hydrogen-bond acceptors (Lipinski definition) is 2. The lowest BCUT2D eigenvalue weighted by Gasteiger charge is -2.19. The predicted octanol–water partition coefficient (Wildman–Crippen LogP) is 5.18. The minimum Gasteiger partial charge on any atom is -0.493 e. The lowest BCUT2D eigenvalue weighted by atomic mass is 10.0. The number of aryl methyl sites for hydroxylation is 1. The minimum atomic E-state index is 0.334. The van der Waals surface area contributed by atoms with Gasteiger partial charge in [0.15, 0.2) is 0 Å². The Morgan fingerprint density at radius 2 is 2.10 bits per heavy atom. The van der Waals surface area contributed by atoms with E-state index in [0.717, 1.165) is 38.2 Å². The van der Waals surface area contributed by atoms with Gasteiger partial charge in [-0.2, -0.15) is 0 Å². The van der Waals surface area contributed by atoms with Gasteiger partial charge in [0.25, 0.3) is 0 Å². The third-order valence-electron chi connectivity index (χ3n) is 3.64. The van der Waals surface area contributed by atoms with Crippen molar-refractivity contribution in [3.63, 3.8) is 0 Å². The lowest BCUT2D eigenvalue weighted by Crippen LogP contribution is -2.20. The van der Waals surface area contributed by atoms with Gasteiger partial charge in [-0.25, -0.2) is 0 Å². The molecule has 0 saturated heterocycles. The number of allylic oxidation sites excluding steroid dienone is 1. The van der Waals surface area contributed by atoms with Crippen molar-refractivity contribution in [2.75, 3.05) is 13.2 Å². The van der Waals surface area contributed by atoms with Crippen LogP contribution in [0, 0.1) is 6.92 Å². The van der Waals surface area contributed by atoms with Crippen LogP contribution in [0.4, 0.5) is 0 Å². The Morgan fingerprint density at radius 3 is 2.81 bits per heavy atom. The molecular weight excluding hydrogens is 258 g/mol. The van der Waals surface area contributed by atoms with E-state index >= 15 is 0 Å². The molecule has 118 valence electrons. The van der Waals surface area contributed by atoms with Crippen LogP contribution in [-0.2, 0) is 0 Å². The first kappa shape index (κ1) is 17.8. The largest absolute Gasteiger partial charge is 0.493 e. The third-order valence-corrected chi connectivity index (χ3v) is 3.64. The quantitative estimate of drug-likeness (QED) is 0.447. The molecule has 0 aliphatic carbocycles. The lowest BCUT2D eigenvalue weighted by molar-refractivity contribution is 0.299. The Hall–Kier alpha value is -1.28. The van der Waals surface area contributed by atoms with Gasteiger partial charge in [-0.3, -0.25) is 0 Å². The van der Waals surface area contributed by atoms with E-state index in [1.165, 1.54) is 24.0 Å². The monoisotopic (exact) mass is 289 g/mol. The molecule has 0 spiro atoms. The third kappa shape index (κ3) is 6.81. The van der Waals surface area contributed by atoms with Crippen LogP contribution in [0.3, 0.4) is 0 Å². The van der Waals surface area contributed by atoms with Crippen molar-refractivity contribution in [1.29, 1.82) is 0 Å². The summed E-state index contributed by atoms with van der Waals surface area (Å²) in [5, 5.41) is 3.54. The van der Waals surface area contributed by atoms with Crippen molar-refractivity contribution in [1.82, 2.24) is 5.32 Å². The average molecular weight is 289 g/mol. The molecule has 1 unspecified atom stereocenters. The van der Waals surface area contributed by atoms with Gasteiger partial charge < -0.3 is 10.1 Å². The van der Waals surface area contributed by atoms with Crippen molar-refractivity contribution in [2.24, 2.45) is 0 Å². The van der Waals surface area contributed by atoms with Crippen LogP contribution in [0.25, 0.3) is 0 Å². The van der Waals surface area contributed by atoms with Crippen molar-refractivity contribution < 1.29 is 4.74 Å². The number of benzene rings is 1. The topological polar surface area (TPSA) is 21.3 Å². The molecule has 1 N–H and O–H groups in total. The molecule has 1 aromatic rings. The minimum absolute atomic E-state index is 0.334. The fraction of sp³-hybridized carbons (Fsp3) is 0.579. The molecule has 1 aromatic carbocycles. The molecule has 1 atom stereocenters. The smallest absolute Gasteiger partial charge is 0.124 e. The highest BCUT2D eigenvalue weighted by Crippen LogP contribution is 2.26. The summed E-state index contributed by atoms with van der Waals surface area (Å²) in [4.78, 5) is 0. The Balaban J connectivity index is 2.53. The fourth-order valence-electron chi connectivity index (χ4n) is 2.36. The summed E-state index contributed by atoms with van der Waals surface area (Å²) < 4.78 is 6.01. The summed E-state index contributed by atoms with van der Waals surface area (Å²) in [7, 11) is 0. The summed E-state index contributed by atoms with van der Waals surface area (Å²) in [6.07, 6.45) is 7.76. The number of rotatable bonds is 11. The van der Waals surface area contributed by atoms with Crippen LogP contribution in [0.15, 0.2) is 30.9 Å². The Morgan fingerprint density at radius 1 is 1.29 bits per heavy atom. The second-order valence-corrected chi connectivity index (χ2v) is 5.70. The maximum atomic E-state index is 6.01. The summed E-state index contributed by atoms with van der Waals surface area (Å²) in [6, 6.07) is 6.81. The molecule has 21 heavy (non-hydrogen) atoms. The highest BCUT2D eigenvalue weighted by Gasteiger charge is 2.11. The van der Waals surface area contributed by atoms with Crippen molar-refractivity contribution >= 4 is 0 Å². The summed E-state index contributed by atoms with van der Waals surface area (Å²) in [5.74, 6) is 1.03. The first-order valence-corrected chi connectivity index (χ1v) is 8.26. The second-order valence-electron chi connectivity index (χ2n) is 5.70. The Kier molecular flexibility index (Phi) is 8.84. The summed E-state index contributed by atoms with van der Waals surface area (Å²) in [6.45, 7) is 12.1. The van der Waals surface area contributed by atoms with Crippen molar-refractivity contribution in [2.45, 2.75) is 58.9 Å². The van der Waals surface area contributed by atoms with E-state index in [1.54, 1.807) is 0 Å². The highest BCUT2D eigenvalue weighted by atomic mass is 16.5. The summed E-state index contributed by atoms with van der Waals surface area (Å²) in [5.41, 5.74) is 2.56. The normalized spacial score (nSPS) is 12.1. The maximum Gasteiger partial charge on any atom is 0.124 e. The van der Waals surface area contributed by atoms with Gasteiger partial charge in [-0.05, 0) is 58.6 Å².